The van der Waals surface area contributed by atoms with Gasteiger partial charge in [0.2, 0.25) is 0 Å². The Hall–Kier alpha value is -0.630. The molecule has 7 heteroatoms. The van der Waals surface area contributed by atoms with Gasteiger partial charge in [0.25, 0.3) is 0 Å². The van der Waals surface area contributed by atoms with E-state index < -0.39 is 10.2 Å². The third kappa shape index (κ3) is 4.56. The predicted molar refractivity (Wildman–Crippen MR) is 77.9 cm³/mol. The molecule has 0 atom stereocenters. The number of para-hydroxylation sites is 1. The van der Waals surface area contributed by atoms with Crippen molar-refractivity contribution in [2.24, 2.45) is 0 Å². The lowest BCUT2D eigenvalue weighted by atomic mass is 10.3. The number of rotatable bonds is 7. The molecular formula is C11H18BrN3O2S. The molecule has 1 aromatic carbocycles. The molecule has 1 rings (SSSR count). The van der Waals surface area contributed by atoms with Gasteiger partial charge in [0.05, 0.1) is 5.69 Å². The van der Waals surface area contributed by atoms with Gasteiger partial charge in [0, 0.05) is 18.1 Å². The van der Waals surface area contributed by atoms with E-state index in [4.69, 9.17) is 0 Å². The van der Waals surface area contributed by atoms with E-state index in [1.54, 1.807) is 25.2 Å². The molecule has 5 nitrogen and oxygen atoms in total. The molecule has 0 amide bonds. The monoisotopic (exact) mass is 335 g/mol. The van der Waals surface area contributed by atoms with E-state index in [9.17, 15) is 8.42 Å². The maximum absolute atomic E-state index is 12.0. The zero-order chi connectivity index (χ0) is 13.6. The zero-order valence-corrected chi connectivity index (χ0v) is 12.9. The molecule has 0 saturated carbocycles. The molecule has 18 heavy (non-hydrogen) atoms. The first-order valence-corrected chi connectivity index (χ1v) is 7.84. The van der Waals surface area contributed by atoms with E-state index in [1.807, 2.05) is 13.1 Å². The van der Waals surface area contributed by atoms with Crippen LogP contribution in [0.4, 0.5) is 5.69 Å². The molecule has 0 unspecified atom stereocenters. The van der Waals surface area contributed by atoms with Crippen LogP contribution in [0, 0.1) is 0 Å². The molecule has 102 valence electrons. The van der Waals surface area contributed by atoms with E-state index in [1.165, 1.54) is 4.31 Å². The predicted octanol–water partition coefficient (Wildman–Crippen LogP) is 1.65. The minimum atomic E-state index is -3.49. The second kappa shape index (κ2) is 7.08. The fraction of sp³-hybridized carbons (Fsp3) is 0.455. The molecule has 0 aliphatic carbocycles. The Labute approximate surface area is 117 Å². The van der Waals surface area contributed by atoms with Crippen LogP contribution in [0.25, 0.3) is 0 Å². The fourth-order valence-electron chi connectivity index (χ4n) is 1.36. The lowest BCUT2D eigenvalue weighted by Gasteiger charge is -2.18. The molecular weight excluding hydrogens is 318 g/mol. The van der Waals surface area contributed by atoms with Crippen molar-refractivity contribution in [1.29, 1.82) is 0 Å². The standard InChI is InChI=1S/C11H18BrN3O2S/c1-13-8-5-9-15(2)18(16,17)14-11-7-4-3-6-10(11)12/h3-4,6-7,13-14H,5,8-9H2,1-2H3. The second-order valence-corrected chi connectivity index (χ2v) is 6.50. The van der Waals surface area contributed by atoms with Gasteiger partial charge in [0.1, 0.15) is 0 Å². The van der Waals surface area contributed by atoms with Gasteiger partial charge in [-0.2, -0.15) is 12.7 Å². The quantitative estimate of drug-likeness (QED) is 0.745. The summed E-state index contributed by atoms with van der Waals surface area (Å²) in [5.74, 6) is 0. The summed E-state index contributed by atoms with van der Waals surface area (Å²) in [4.78, 5) is 0. The molecule has 0 aromatic heterocycles. The van der Waals surface area contributed by atoms with Crippen LogP contribution < -0.4 is 10.0 Å². The first kappa shape index (κ1) is 15.4. The molecule has 0 fully saturated rings. The second-order valence-electron chi connectivity index (χ2n) is 3.87. The number of halogens is 1. The van der Waals surface area contributed by atoms with Gasteiger partial charge in [-0.05, 0) is 48.1 Å². The maximum atomic E-state index is 12.0. The number of hydrogen-bond acceptors (Lipinski definition) is 3. The highest BCUT2D eigenvalue weighted by Gasteiger charge is 2.17. The molecule has 2 N–H and O–H groups in total. The van der Waals surface area contributed by atoms with Crippen LogP contribution >= 0.6 is 15.9 Å². The largest absolute Gasteiger partial charge is 0.320 e. The van der Waals surface area contributed by atoms with Crippen molar-refractivity contribution in [3.63, 3.8) is 0 Å². The Morgan fingerprint density at radius 2 is 2.00 bits per heavy atom. The van der Waals surface area contributed by atoms with E-state index in [-0.39, 0.29) is 0 Å². The maximum Gasteiger partial charge on any atom is 0.301 e. The lowest BCUT2D eigenvalue weighted by Crippen LogP contribution is -2.34. The highest BCUT2D eigenvalue weighted by Crippen LogP contribution is 2.22. The summed E-state index contributed by atoms with van der Waals surface area (Å²) in [5, 5.41) is 2.98. The minimum absolute atomic E-state index is 0.473. The number of hydrogen-bond donors (Lipinski definition) is 2. The van der Waals surface area contributed by atoms with Gasteiger partial charge < -0.3 is 5.32 Å². The van der Waals surface area contributed by atoms with Crippen molar-refractivity contribution < 1.29 is 8.42 Å². The Kier molecular flexibility index (Phi) is 6.07. The van der Waals surface area contributed by atoms with Gasteiger partial charge >= 0.3 is 10.2 Å². The Balaban J connectivity index is 2.67. The Morgan fingerprint density at radius 3 is 2.61 bits per heavy atom. The van der Waals surface area contributed by atoms with Gasteiger partial charge in [0.15, 0.2) is 0 Å². The van der Waals surface area contributed by atoms with E-state index in [0.717, 1.165) is 17.4 Å². The summed E-state index contributed by atoms with van der Waals surface area (Å²) < 4.78 is 28.6. The van der Waals surface area contributed by atoms with Crippen LogP contribution in [0.5, 0.6) is 0 Å². The highest BCUT2D eigenvalue weighted by atomic mass is 79.9. The lowest BCUT2D eigenvalue weighted by molar-refractivity contribution is 0.462. The first-order valence-electron chi connectivity index (χ1n) is 5.60. The SMILES string of the molecule is CNCCCN(C)S(=O)(=O)Nc1ccccc1Br. The van der Waals surface area contributed by atoms with Crippen molar-refractivity contribution in [3.8, 4) is 0 Å². The van der Waals surface area contributed by atoms with Gasteiger partial charge in [-0.1, -0.05) is 12.1 Å². The molecule has 0 spiro atoms. The molecule has 0 aliphatic rings. The Bertz CT molecular complexity index is 479. The van der Waals surface area contributed by atoms with Gasteiger partial charge in [-0.3, -0.25) is 4.72 Å². The van der Waals surface area contributed by atoms with E-state index in [2.05, 4.69) is 26.0 Å². The van der Waals surface area contributed by atoms with E-state index in [0.29, 0.717) is 12.2 Å². The zero-order valence-electron chi connectivity index (χ0n) is 10.5. The number of nitrogens with one attached hydrogen (secondary N) is 2. The smallest absolute Gasteiger partial charge is 0.301 e. The molecule has 0 saturated heterocycles. The normalized spacial score (nSPS) is 11.8. The van der Waals surface area contributed by atoms with Crippen molar-refractivity contribution in [1.82, 2.24) is 9.62 Å². The number of nitrogens with zero attached hydrogens (tertiary/aromatic N) is 1. The van der Waals surface area contributed by atoms with Crippen molar-refractivity contribution in [2.75, 3.05) is 31.9 Å². The van der Waals surface area contributed by atoms with Crippen LogP contribution in [-0.4, -0.2) is 39.9 Å². The molecule has 0 bridgehead atoms. The van der Waals surface area contributed by atoms with Crippen LogP contribution in [0.3, 0.4) is 0 Å². The topological polar surface area (TPSA) is 61.4 Å². The third-order valence-electron chi connectivity index (χ3n) is 2.42. The average Bonchev–Trinajstić information content (AvgIpc) is 2.32. The summed E-state index contributed by atoms with van der Waals surface area (Å²) in [6, 6.07) is 7.12. The average molecular weight is 336 g/mol. The van der Waals surface area contributed by atoms with Crippen molar-refractivity contribution in [2.45, 2.75) is 6.42 Å². The summed E-state index contributed by atoms with van der Waals surface area (Å²) >= 11 is 3.31. The third-order valence-corrected chi connectivity index (χ3v) is 4.60. The fourth-order valence-corrected chi connectivity index (χ4v) is 2.86. The molecule has 1 aromatic rings. The van der Waals surface area contributed by atoms with Crippen molar-refractivity contribution >= 4 is 31.8 Å². The summed E-state index contributed by atoms with van der Waals surface area (Å²) in [5.41, 5.74) is 0.540. The van der Waals surface area contributed by atoms with E-state index >= 15 is 0 Å². The van der Waals surface area contributed by atoms with Crippen LogP contribution in [0.15, 0.2) is 28.7 Å². The summed E-state index contributed by atoms with van der Waals surface area (Å²) in [6.45, 7) is 1.26. The summed E-state index contributed by atoms with van der Waals surface area (Å²) in [7, 11) is -0.0853. The molecule has 0 heterocycles. The van der Waals surface area contributed by atoms with Crippen LogP contribution in [-0.2, 0) is 10.2 Å². The van der Waals surface area contributed by atoms with Crippen LogP contribution in [0.2, 0.25) is 0 Å². The molecule has 0 aliphatic heterocycles. The van der Waals surface area contributed by atoms with Crippen molar-refractivity contribution in [3.05, 3.63) is 28.7 Å². The number of benzene rings is 1. The Morgan fingerprint density at radius 1 is 1.33 bits per heavy atom. The minimum Gasteiger partial charge on any atom is -0.320 e. The van der Waals surface area contributed by atoms with Gasteiger partial charge in [-0.15, -0.1) is 0 Å². The number of anilines is 1. The molecule has 0 radical (unpaired) electrons. The van der Waals surface area contributed by atoms with Gasteiger partial charge in [-0.25, -0.2) is 0 Å². The highest BCUT2D eigenvalue weighted by molar-refractivity contribution is 9.10. The summed E-state index contributed by atoms with van der Waals surface area (Å²) in [6.07, 6.45) is 0.768. The van der Waals surface area contributed by atoms with Crippen LogP contribution in [0.1, 0.15) is 6.42 Å². The first-order chi connectivity index (χ1) is 8.47.